The summed E-state index contributed by atoms with van der Waals surface area (Å²) < 4.78 is 22.1. The Kier molecular flexibility index (Phi) is 6.68. The molecule has 2 aromatic rings. The van der Waals surface area contributed by atoms with Crippen molar-refractivity contribution in [2.75, 3.05) is 14.2 Å². The SMILES string of the molecule is C=C(OC)/C(NC(=O)c1ccc(Oc2cc3c(cc2C)C(C)(C)CCC3(C)C)o1)=C(\C)OC. The van der Waals surface area contributed by atoms with Gasteiger partial charge >= 0.3 is 0 Å². The van der Waals surface area contributed by atoms with Crippen LogP contribution in [0.4, 0.5) is 0 Å². The third-order valence-corrected chi connectivity index (χ3v) is 6.59. The Labute approximate surface area is 196 Å². The van der Waals surface area contributed by atoms with Crippen LogP contribution in [0.15, 0.2) is 52.5 Å². The Morgan fingerprint density at radius 1 is 1.03 bits per heavy atom. The molecule has 1 heterocycles. The topological polar surface area (TPSA) is 69.9 Å². The molecule has 0 radical (unpaired) electrons. The number of benzene rings is 1. The number of hydrogen-bond donors (Lipinski definition) is 1. The second kappa shape index (κ2) is 9.00. The van der Waals surface area contributed by atoms with Gasteiger partial charge in [0.2, 0.25) is 0 Å². The van der Waals surface area contributed by atoms with Gasteiger partial charge in [-0.05, 0) is 66.3 Å². The number of ether oxygens (including phenoxy) is 3. The largest absolute Gasteiger partial charge is 0.499 e. The van der Waals surface area contributed by atoms with Crippen LogP contribution in [0.2, 0.25) is 0 Å². The van der Waals surface area contributed by atoms with Crippen molar-refractivity contribution in [1.82, 2.24) is 5.32 Å². The number of carbonyl (C=O) groups excluding carboxylic acids is 1. The van der Waals surface area contributed by atoms with Crippen molar-refractivity contribution in [2.45, 2.75) is 65.2 Å². The first-order chi connectivity index (χ1) is 15.4. The molecule has 33 heavy (non-hydrogen) atoms. The molecule has 1 aliphatic rings. The van der Waals surface area contributed by atoms with E-state index in [0.29, 0.717) is 11.5 Å². The zero-order valence-electron chi connectivity index (χ0n) is 21.0. The molecule has 6 nitrogen and oxygen atoms in total. The van der Waals surface area contributed by atoms with Gasteiger partial charge in [0.25, 0.3) is 11.9 Å². The maximum atomic E-state index is 12.7. The standard InChI is InChI=1S/C27H35NO5/c1-16-14-19-20(27(6,7)13-12-26(19,4)5)15-22(16)33-23-11-10-21(32-23)25(29)28-24(17(2)30-8)18(3)31-9/h10-11,14-15H,2,12-13H2,1,3-9H3,(H,28,29)/b24-18-. The van der Waals surface area contributed by atoms with Gasteiger partial charge in [-0.25, -0.2) is 0 Å². The highest BCUT2D eigenvalue weighted by Crippen LogP contribution is 2.48. The predicted molar refractivity (Wildman–Crippen MR) is 129 cm³/mol. The summed E-state index contributed by atoms with van der Waals surface area (Å²) in [7, 11) is 2.98. The minimum Gasteiger partial charge on any atom is -0.499 e. The fraction of sp³-hybridized carbons (Fsp3) is 0.444. The number of carbonyl (C=O) groups is 1. The van der Waals surface area contributed by atoms with Crippen LogP contribution in [0.5, 0.6) is 11.7 Å². The predicted octanol–water partition coefficient (Wildman–Crippen LogP) is 6.50. The van der Waals surface area contributed by atoms with Gasteiger partial charge in [0.1, 0.15) is 23.0 Å². The van der Waals surface area contributed by atoms with E-state index in [1.807, 2.05) is 6.92 Å². The van der Waals surface area contributed by atoms with Gasteiger partial charge in [-0.3, -0.25) is 4.79 Å². The first-order valence-corrected chi connectivity index (χ1v) is 11.1. The van der Waals surface area contributed by atoms with Crippen molar-refractivity contribution in [3.8, 4) is 11.7 Å². The molecule has 3 rings (SSSR count). The number of amides is 1. The Morgan fingerprint density at radius 3 is 2.21 bits per heavy atom. The lowest BCUT2D eigenvalue weighted by Crippen LogP contribution is -2.33. The van der Waals surface area contributed by atoms with Crippen LogP contribution in [-0.4, -0.2) is 20.1 Å². The second-order valence-electron chi connectivity index (χ2n) is 9.87. The quantitative estimate of drug-likeness (QED) is 0.383. The summed E-state index contributed by atoms with van der Waals surface area (Å²) in [4.78, 5) is 12.7. The Morgan fingerprint density at radius 2 is 1.64 bits per heavy atom. The van der Waals surface area contributed by atoms with E-state index in [1.54, 1.807) is 19.1 Å². The van der Waals surface area contributed by atoms with Gasteiger partial charge in [0.05, 0.1) is 14.2 Å². The Hall–Kier alpha value is -3.15. The van der Waals surface area contributed by atoms with Crippen LogP contribution in [0.1, 0.15) is 74.7 Å². The first-order valence-electron chi connectivity index (χ1n) is 11.1. The number of rotatable bonds is 7. The van der Waals surface area contributed by atoms with E-state index in [9.17, 15) is 4.79 Å². The molecule has 0 spiro atoms. The average Bonchev–Trinajstić information content (AvgIpc) is 3.24. The molecule has 0 bridgehead atoms. The lowest BCUT2D eigenvalue weighted by atomic mass is 9.63. The lowest BCUT2D eigenvalue weighted by molar-refractivity contribution is 0.0927. The minimum atomic E-state index is -0.459. The molecule has 0 atom stereocenters. The molecule has 0 unspecified atom stereocenters. The molecule has 0 saturated heterocycles. The van der Waals surface area contributed by atoms with E-state index >= 15 is 0 Å². The number of furan rings is 1. The van der Waals surface area contributed by atoms with E-state index in [1.165, 1.54) is 25.3 Å². The summed E-state index contributed by atoms with van der Waals surface area (Å²) in [6.07, 6.45) is 2.27. The van der Waals surface area contributed by atoms with Gasteiger partial charge in [0, 0.05) is 6.07 Å². The number of methoxy groups -OCH3 is 2. The Balaban J connectivity index is 1.85. The molecule has 1 amide bonds. The summed E-state index contributed by atoms with van der Waals surface area (Å²) in [5, 5.41) is 2.73. The van der Waals surface area contributed by atoms with Crippen molar-refractivity contribution in [1.29, 1.82) is 0 Å². The fourth-order valence-electron chi connectivity index (χ4n) is 4.15. The van der Waals surface area contributed by atoms with Crippen LogP contribution in [0.3, 0.4) is 0 Å². The monoisotopic (exact) mass is 453 g/mol. The molecule has 1 aromatic carbocycles. The van der Waals surface area contributed by atoms with Crippen molar-refractivity contribution in [3.63, 3.8) is 0 Å². The van der Waals surface area contributed by atoms with Crippen molar-refractivity contribution in [3.05, 3.63) is 70.5 Å². The molecule has 0 fully saturated rings. The minimum absolute atomic E-state index is 0.0660. The molecule has 178 valence electrons. The number of fused-ring (bicyclic) bond motifs is 1. The normalized spacial score (nSPS) is 16.8. The molecule has 1 aromatic heterocycles. The van der Waals surface area contributed by atoms with Crippen LogP contribution in [0.25, 0.3) is 0 Å². The highest BCUT2D eigenvalue weighted by molar-refractivity contribution is 5.93. The van der Waals surface area contributed by atoms with Crippen molar-refractivity contribution >= 4 is 5.91 Å². The van der Waals surface area contributed by atoms with E-state index in [2.05, 4.69) is 51.7 Å². The van der Waals surface area contributed by atoms with Crippen molar-refractivity contribution in [2.24, 2.45) is 0 Å². The van der Waals surface area contributed by atoms with Crippen LogP contribution in [-0.2, 0) is 20.3 Å². The average molecular weight is 454 g/mol. The van der Waals surface area contributed by atoms with E-state index in [4.69, 9.17) is 18.6 Å². The first kappa shape index (κ1) is 24.5. The lowest BCUT2D eigenvalue weighted by Gasteiger charge is -2.42. The van der Waals surface area contributed by atoms with E-state index in [0.717, 1.165) is 24.2 Å². The van der Waals surface area contributed by atoms with Crippen LogP contribution in [0, 0.1) is 6.92 Å². The molecular weight excluding hydrogens is 418 g/mol. The number of aryl methyl sites for hydroxylation is 1. The molecular formula is C27H35NO5. The maximum Gasteiger partial charge on any atom is 0.291 e. The van der Waals surface area contributed by atoms with E-state index < -0.39 is 5.91 Å². The van der Waals surface area contributed by atoms with Gasteiger partial charge in [-0.15, -0.1) is 0 Å². The third kappa shape index (κ3) is 4.95. The zero-order chi connectivity index (χ0) is 24.6. The second-order valence-corrected chi connectivity index (χ2v) is 9.87. The smallest absolute Gasteiger partial charge is 0.291 e. The van der Waals surface area contributed by atoms with Crippen LogP contribution >= 0.6 is 0 Å². The number of allylic oxidation sites excluding steroid dienone is 1. The van der Waals surface area contributed by atoms with E-state index in [-0.39, 0.29) is 28.3 Å². The van der Waals surface area contributed by atoms with Gasteiger partial charge in [0.15, 0.2) is 5.76 Å². The number of hydrogen-bond acceptors (Lipinski definition) is 5. The molecule has 6 heteroatoms. The maximum absolute atomic E-state index is 12.7. The molecule has 1 N–H and O–H groups in total. The molecule has 1 aliphatic carbocycles. The van der Waals surface area contributed by atoms with Gasteiger partial charge in [-0.2, -0.15) is 0 Å². The molecule has 0 saturated carbocycles. The summed E-state index contributed by atoms with van der Waals surface area (Å²) in [6.45, 7) is 16.7. The van der Waals surface area contributed by atoms with Gasteiger partial charge in [-0.1, -0.05) is 40.3 Å². The highest BCUT2D eigenvalue weighted by Gasteiger charge is 2.37. The van der Waals surface area contributed by atoms with Crippen molar-refractivity contribution < 1.29 is 23.4 Å². The van der Waals surface area contributed by atoms with Gasteiger partial charge < -0.3 is 23.9 Å². The third-order valence-electron chi connectivity index (χ3n) is 6.59. The highest BCUT2D eigenvalue weighted by atomic mass is 16.6. The summed E-state index contributed by atoms with van der Waals surface area (Å²) in [5.74, 6) is 1.36. The zero-order valence-corrected chi connectivity index (χ0v) is 21.0. The summed E-state index contributed by atoms with van der Waals surface area (Å²) in [6, 6.07) is 7.56. The Bertz CT molecular complexity index is 1100. The van der Waals surface area contributed by atoms with Crippen LogP contribution < -0.4 is 10.1 Å². The summed E-state index contributed by atoms with van der Waals surface area (Å²) in [5.41, 5.74) is 4.23. The summed E-state index contributed by atoms with van der Waals surface area (Å²) >= 11 is 0. The molecule has 0 aliphatic heterocycles. The number of nitrogens with one attached hydrogen (secondary N) is 1. The fourth-order valence-corrected chi connectivity index (χ4v) is 4.15.